The second-order valence-corrected chi connectivity index (χ2v) is 4.69. The number of nitrogens with one attached hydrogen (secondary N) is 1. The third-order valence-electron chi connectivity index (χ3n) is 3.45. The SMILES string of the molecule is COC(=O)[C@H](C)NC1CC(c2ccccc2)C1. The summed E-state index contributed by atoms with van der Waals surface area (Å²) in [7, 11) is 1.42. The van der Waals surface area contributed by atoms with Gasteiger partial charge >= 0.3 is 5.97 Å². The summed E-state index contributed by atoms with van der Waals surface area (Å²) >= 11 is 0. The van der Waals surface area contributed by atoms with Crippen molar-refractivity contribution < 1.29 is 9.53 Å². The van der Waals surface area contributed by atoms with Gasteiger partial charge in [0.1, 0.15) is 6.04 Å². The molecule has 0 aliphatic heterocycles. The van der Waals surface area contributed by atoms with Crippen LogP contribution in [0, 0.1) is 0 Å². The van der Waals surface area contributed by atoms with Crippen LogP contribution in [0.4, 0.5) is 0 Å². The van der Waals surface area contributed by atoms with Crippen LogP contribution < -0.4 is 5.32 Å². The zero-order chi connectivity index (χ0) is 12.3. The molecule has 17 heavy (non-hydrogen) atoms. The van der Waals surface area contributed by atoms with Crippen LogP contribution in [-0.4, -0.2) is 25.2 Å². The van der Waals surface area contributed by atoms with Crippen LogP contribution in [0.15, 0.2) is 30.3 Å². The van der Waals surface area contributed by atoms with Crippen molar-refractivity contribution in [3.63, 3.8) is 0 Å². The molecule has 1 N–H and O–H groups in total. The molecule has 1 aliphatic carbocycles. The van der Waals surface area contributed by atoms with E-state index in [2.05, 4.69) is 29.6 Å². The molecule has 0 saturated heterocycles. The maximum atomic E-state index is 11.3. The van der Waals surface area contributed by atoms with Gasteiger partial charge in [-0.2, -0.15) is 0 Å². The Morgan fingerprint density at radius 1 is 1.35 bits per heavy atom. The Bertz CT molecular complexity index is 371. The number of carbonyl (C=O) groups is 1. The fraction of sp³-hybridized carbons (Fsp3) is 0.500. The van der Waals surface area contributed by atoms with Crippen LogP contribution in [0.2, 0.25) is 0 Å². The number of carbonyl (C=O) groups excluding carboxylic acids is 1. The molecule has 1 saturated carbocycles. The maximum Gasteiger partial charge on any atom is 0.322 e. The number of hydrogen-bond acceptors (Lipinski definition) is 3. The minimum atomic E-state index is -0.207. The monoisotopic (exact) mass is 233 g/mol. The summed E-state index contributed by atoms with van der Waals surface area (Å²) in [6, 6.07) is 10.8. The molecule has 0 spiro atoms. The largest absolute Gasteiger partial charge is 0.468 e. The molecule has 1 fully saturated rings. The van der Waals surface area contributed by atoms with Gasteiger partial charge in [-0.3, -0.25) is 4.79 Å². The van der Waals surface area contributed by atoms with Gasteiger partial charge in [-0.05, 0) is 31.2 Å². The van der Waals surface area contributed by atoms with Crippen molar-refractivity contribution in [2.45, 2.75) is 37.8 Å². The van der Waals surface area contributed by atoms with E-state index < -0.39 is 0 Å². The minimum absolute atomic E-state index is 0.187. The zero-order valence-corrected chi connectivity index (χ0v) is 10.3. The average Bonchev–Trinajstić information content (AvgIpc) is 2.33. The molecule has 0 radical (unpaired) electrons. The normalized spacial score (nSPS) is 24.8. The van der Waals surface area contributed by atoms with E-state index in [9.17, 15) is 4.79 Å². The Morgan fingerprint density at radius 2 is 2.00 bits per heavy atom. The number of rotatable bonds is 4. The van der Waals surface area contributed by atoms with E-state index in [1.807, 2.05) is 13.0 Å². The fourth-order valence-corrected chi connectivity index (χ4v) is 2.35. The molecule has 1 aromatic carbocycles. The van der Waals surface area contributed by atoms with Gasteiger partial charge < -0.3 is 10.1 Å². The molecule has 1 atom stereocenters. The highest BCUT2D eigenvalue weighted by molar-refractivity contribution is 5.75. The quantitative estimate of drug-likeness (QED) is 0.809. The van der Waals surface area contributed by atoms with E-state index in [-0.39, 0.29) is 12.0 Å². The summed E-state index contributed by atoms with van der Waals surface area (Å²) in [4.78, 5) is 11.3. The van der Waals surface area contributed by atoms with E-state index in [1.54, 1.807) is 0 Å². The number of hydrogen-bond donors (Lipinski definition) is 1. The zero-order valence-electron chi connectivity index (χ0n) is 10.3. The van der Waals surface area contributed by atoms with Crippen LogP contribution in [-0.2, 0) is 9.53 Å². The number of methoxy groups -OCH3 is 1. The fourth-order valence-electron chi connectivity index (χ4n) is 2.35. The molecular weight excluding hydrogens is 214 g/mol. The minimum Gasteiger partial charge on any atom is -0.468 e. The average molecular weight is 233 g/mol. The van der Waals surface area contributed by atoms with E-state index in [0.717, 1.165) is 12.8 Å². The first-order valence-electron chi connectivity index (χ1n) is 6.09. The van der Waals surface area contributed by atoms with Crippen molar-refractivity contribution >= 4 is 5.97 Å². The Balaban J connectivity index is 1.78. The van der Waals surface area contributed by atoms with Gasteiger partial charge in [0.05, 0.1) is 7.11 Å². The summed E-state index contributed by atoms with van der Waals surface area (Å²) in [6.07, 6.45) is 2.21. The van der Waals surface area contributed by atoms with Crippen molar-refractivity contribution in [3.05, 3.63) is 35.9 Å². The second-order valence-electron chi connectivity index (χ2n) is 4.69. The van der Waals surface area contributed by atoms with Gasteiger partial charge in [0, 0.05) is 6.04 Å². The maximum absolute atomic E-state index is 11.3. The second kappa shape index (κ2) is 5.32. The van der Waals surface area contributed by atoms with Gasteiger partial charge in [-0.25, -0.2) is 0 Å². The van der Waals surface area contributed by atoms with Crippen molar-refractivity contribution in [1.82, 2.24) is 5.32 Å². The third-order valence-corrected chi connectivity index (χ3v) is 3.45. The molecule has 0 unspecified atom stereocenters. The predicted molar refractivity (Wildman–Crippen MR) is 66.8 cm³/mol. The first-order valence-corrected chi connectivity index (χ1v) is 6.09. The van der Waals surface area contributed by atoms with E-state index in [0.29, 0.717) is 12.0 Å². The van der Waals surface area contributed by atoms with Gasteiger partial charge in [0.15, 0.2) is 0 Å². The highest BCUT2D eigenvalue weighted by atomic mass is 16.5. The molecule has 92 valence electrons. The highest BCUT2D eigenvalue weighted by Crippen LogP contribution is 2.36. The van der Waals surface area contributed by atoms with Crippen molar-refractivity contribution in [3.8, 4) is 0 Å². The Hall–Kier alpha value is -1.35. The van der Waals surface area contributed by atoms with Gasteiger partial charge in [0.2, 0.25) is 0 Å². The molecule has 0 aromatic heterocycles. The lowest BCUT2D eigenvalue weighted by Gasteiger charge is -2.37. The molecule has 3 nitrogen and oxygen atoms in total. The molecule has 0 amide bonds. The molecular formula is C14H19NO2. The lowest BCUT2D eigenvalue weighted by atomic mass is 9.75. The number of ether oxygens (including phenoxy) is 1. The number of esters is 1. The molecule has 1 aromatic rings. The molecule has 2 rings (SSSR count). The summed E-state index contributed by atoms with van der Waals surface area (Å²) in [5.74, 6) is 0.451. The molecule has 1 aliphatic rings. The first-order chi connectivity index (χ1) is 8.20. The van der Waals surface area contributed by atoms with Gasteiger partial charge in [0.25, 0.3) is 0 Å². The molecule has 3 heteroatoms. The van der Waals surface area contributed by atoms with Crippen molar-refractivity contribution in [2.75, 3.05) is 7.11 Å². The van der Waals surface area contributed by atoms with Gasteiger partial charge in [-0.1, -0.05) is 30.3 Å². The molecule has 0 heterocycles. The third kappa shape index (κ3) is 2.86. The lowest BCUT2D eigenvalue weighted by Crippen LogP contribution is -2.47. The van der Waals surface area contributed by atoms with Crippen LogP contribution in [0.3, 0.4) is 0 Å². The highest BCUT2D eigenvalue weighted by Gasteiger charge is 2.32. The van der Waals surface area contributed by atoms with E-state index >= 15 is 0 Å². The first kappa shape index (κ1) is 12.1. The summed E-state index contributed by atoms with van der Waals surface area (Å²) in [5.41, 5.74) is 1.40. The van der Waals surface area contributed by atoms with Gasteiger partial charge in [-0.15, -0.1) is 0 Å². The summed E-state index contributed by atoms with van der Waals surface area (Å²) < 4.78 is 4.69. The van der Waals surface area contributed by atoms with Crippen molar-refractivity contribution in [2.24, 2.45) is 0 Å². The van der Waals surface area contributed by atoms with Crippen molar-refractivity contribution in [1.29, 1.82) is 0 Å². The Kier molecular flexibility index (Phi) is 3.79. The topological polar surface area (TPSA) is 38.3 Å². The van der Waals surface area contributed by atoms with Crippen LogP contribution in [0.1, 0.15) is 31.2 Å². The summed E-state index contributed by atoms with van der Waals surface area (Å²) in [5, 5.41) is 3.29. The standard InChI is InChI=1S/C14H19NO2/c1-10(14(16)17-2)15-13-8-12(9-13)11-6-4-3-5-7-11/h3-7,10,12-13,15H,8-9H2,1-2H3/t10-,12?,13?/m0/s1. The number of benzene rings is 1. The smallest absolute Gasteiger partial charge is 0.322 e. The Labute approximate surface area is 102 Å². The van der Waals surface area contributed by atoms with Crippen LogP contribution >= 0.6 is 0 Å². The Morgan fingerprint density at radius 3 is 2.59 bits per heavy atom. The van der Waals surface area contributed by atoms with Crippen LogP contribution in [0.5, 0.6) is 0 Å². The van der Waals surface area contributed by atoms with E-state index in [1.165, 1.54) is 12.7 Å². The van der Waals surface area contributed by atoms with E-state index in [4.69, 9.17) is 4.74 Å². The molecule has 0 bridgehead atoms. The predicted octanol–water partition coefficient (Wildman–Crippen LogP) is 2.08. The van der Waals surface area contributed by atoms with Crippen LogP contribution in [0.25, 0.3) is 0 Å². The summed E-state index contributed by atoms with van der Waals surface area (Å²) in [6.45, 7) is 1.85. The lowest BCUT2D eigenvalue weighted by molar-refractivity contribution is -0.143.